The minimum Gasteiger partial charge on any atom is -0.351 e. The van der Waals surface area contributed by atoms with Crippen LogP contribution in [-0.4, -0.2) is 18.3 Å². The molecule has 1 aromatic rings. The van der Waals surface area contributed by atoms with Crippen molar-refractivity contribution in [2.24, 2.45) is 5.41 Å². The van der Waals surface area contributed by atoms with Crippen molar-refractivity contribution in [2.75, 3.05) is 12.4 Å². The molecule has 0 saturated heterocycles. The van der Waals surface area contributed by atoms with E-state index >= 15 is 0 Å². The molecule has 0 aliphatic heterocycles. The fourth-order valence-corrected chi connectivity index (χ4v) is 2.19. The maximum Gasteiger partial charge on any atom is 0.254 e. The van der Waals surface area contributed by atoms with Crippen LogP contribution < -0.4 is 5.32 Å². The van der Waals surface area contributed by atoms with Crippen LogP contribution in [0.4, 0.5) is 4.39 Å². The van der Waals surface area contributed by atoms with Gasteiger partial charge in [0.15, 0.2) is 0 Å². The van der Waals surface area contributed by atoms with Crippen molar-refractivity contribution < 1.29 is 9.18 Å². The molecule has 1 N–H and O–H groups in total. The van der Waals surface area contributed by atoms with Gasteiger partial charge in [0.05, 0.1) is 5.56 Å². The molecule has 5 heteroatoms. The van der Waals surface area contributed by atoms with Crippen molar-refractivity contribution in [3.8, 4) is 0 Å². The third kappa shape index (κ3) is 5.49. The molecule has 19 heavy (non-hydrogen) atoms. The Bertz CT molecular complexity index is 451. The predicted molar refractivity (Wildman–Crippen MR) is 80.2 cm³/mol. The monoisotopic (exact) mass is 349 g/mol. The molecule has 1 amide bonds. The lowest BCUT2D eigenvalue weighted by molar-refractivity contribution is 0.0930. The minimum atomic E-state index is -0.523. The predicted octanol–water partition coefficient (Wildman–Crippen LogP) is 4.36. The average molecular weight is 351 g/mol. The number of benzene rings is 1. The van der Waals surface area contributed by atoms with E-state index in [4.69, 9.17) is 11.6 Å². The molecule has 0 saturated carbocycles. The summed E-state index contributed by atoms with van der Waals surface area (Å²) in [5.41, 5.74) is 0.0208. The zero-order chi connectivity index (χ0) is 14.5. The summed E-state index contributed by atoms with van der Waals surface area (Å²) in [6, 6.07) is 4.41. The lowest BCUT2D eigenvalue weighted by Crippen LogP contribution is -2.34. The Labute approximate surface area is 126 Å². The first-order valence-electron chi connectivity index (χ1n) is 6.15. The summed E-state index contributed by atoms with van der Waals surface area (Å²) in [7, 11) is 0. The number of alkyl halides is 1. The fraction of sp³-hybridized carbons (Fsp3) is 0.500. The lowest BCUT2D eigenvalue weighted by Gasteiger charge is -2.24. The normalized spacial score (nSPS) is 11.4. The van der Waals surface area contributed by atoms with Gasteiger partial charge in [-0.15, -0.1) is 11.6 Å². The summed E-state index contributed by atoms with van der Waals surface area (Å²) in [6.07, 6.45) is 1.82. The summed E-state index contributed by atoms with van der Waals surface area (Å²) in [4.78, 5) is 11.9. The van der Waals surface area contributed by atoms with Crippen molar-refractivity contribution in [3.63, 3.8) is 0 Å². The fourth-order valence-electron chi connectivity index (χ4n) is 1.72. The third-order valence-corrected chi connectivity index (χ3v) is 3.65. The third-order valence-electron chi connectivity index (χ3n) is 2.89. The summed E-state index contributed by atoms with van der Waals surface area (Å²) >= 11 is 8.82. The van der Waals surface area contributed by atoms with Crippen molar-refractivity contribution in [1.82, 2.24) is 5.32 Å². The van der Waals surface area contributed by atoms with Crippen molar-refractivity contribution >= 4 is 33.4 Å². The molecule has 0 spiro atoms. The van der Waals surface area contributed by atoms with Gasteiger partial charge in [0.25, 0.3) is 5.91 Å². The van der Waals surface area contributed by atoms with Crippen LogP contribution in [0.25, 0.3) is 0 Å². The zero-order valence-electron chi connectivity index (χ0n) is 11.1. The average Bonchev–Trinajstić information content (AvgIpc) is 2.34. The zero-order valence-corrected chi connectivity index (χ0v) is 13.4. The van der Waals surface area contributed by atoms with Gasteiger partial charge in [-0.2, -0.15) is 0 Å². The van der Waals surface area contributed by atoms with Crippen LogP contribution >= 0.6 is 27.5 Å². The molecular formula is C14H18BrClFNO. The van der Waals surface area contributed by atoms with Crippen LogP contribution in [-0.2, 0) is 0 Å². The second-order valence-electron chi connectivity index (χ2n) is 5.26. The van der Waals surface area contributed by atoms with Crippen LogP contribution in [0.5, 0.6) is 0 Å². The van der Waals surface area contributed by atoms with Gasteiger partial charge < -0.3 is 5.32 Å². The number of halogens is 3. The van der Waals surface area contributed by atoms with E-state index in [1.165, 1.54) is 12.1 Å². The molecule has 0 unspecified atom stereocenters. The maximum atomic E-state index is 13.6. The Kier molecular flexibility index (Phi) is 6.27. The van der Waals surface area contributed by atoms with Gasteiger partial charge in [-0.1, -0.05) is 29.8 Å². The summed E-state index contributed by atoms with van der Waals surface area (Å²) < 4.78 is 14.2. The number of carbonyl (C=O) groups is 1. The van der Waals surface area contributed by atoms with Crippen LogP contribution in [0.2, 0.25) is 0 Å². The number of carbonyl (C=O) groups excluding carboxylic acids is 1. The molecular weight excluding hydrogens is 333 g/mol. The summed E-state index contributed by atoms with van der Waals surface area (Å²) in [5.74, 6) is -0.298. The SMILES string of the molecule is CC(C)(CCCCl)CNC(=O)c1ccc(Br)cc1F. The second-order valence-corrected chi connectivity index (χ2v) is 6.56. The lowest BCUT2D eigenvalue weighted by atomic mass is 9.88. The van der Waals surface area contributed by atoms with E-state index in [0.717, 1.165) is 12.8 Å². The first-order chi connectivity index (χ1) is 8.85. The molecule has 0 atom stereocenters. The molecule has 1 rings (SSSR count). The molecule has 106 valence electrons. The Morgan fingerprint density at radius 1 is 1.47 bits per heavy atom. The number of rotatable bonds is 6. The van der Waals surface area contributed by atoms with E-state index in [0.29, 0.717) is 16.9 Å². The molecule has 0 radical (unpaired) electrons. The standard InChI is InChI=1S/C14H18BrClFNO/c1-14(2,6-3-7-16)9-18-13(19)11-5-4-10(15)8-12(11)17/h4-5,8H,3,6-7,9H2,1-2H3,(H,18,19). The molecule has 0 aromatic heterocycles. The molecule has 2 nitrogen and oxygen atoms in total. The smallest absolute Gasteiger partial charge is 0.254 e. The van der Waals surface area contributed by atoms with E-state index in [-0.39, 0.29) is 16.9 Å². The number of hydrogen-bond acceptors (Lipinski definition) is 1. The van der Waals surface area contributed by atoms with E-state index in [1.54, 1.807) is 6.07 Å². The van der Waals surface area contributed by atoms with Crippen LogP contribution in [0.1, 0.15) is 37.0 Å². The minimum absolute atomic E-state index is 0.0452. The van der Waals surface area contributed by atoms with E-state index in [1.807, 2.05) is 0 Å². The highest BCUT2D eigenvalue weighted by molar-refractivity contribution is 9.10. The maximum absolute atomic E-state index is 13.6. The molecule has 0 aliphatic rings. The molecule has 0 aliphatic carbocycles. The van der Waals surface area contributed by atoms with Gasteiger partial charge >= 0.3 is 0 Å². The first kappa shape index (κ1) is 16.4. The quantitative estimate of drug-likeness (QED) is 0.759. The highest BCUT2D eigenvalue weighted by Crippen LogP contribution is 2.22. The number of nitrogens with one attached hydrogen (secondary N) is 1. The van der Waals surface area contributed by atoms with Crippen molar-refractivity contribution in [3.05, 3.63) is 34.1 Å². The first-order valence-corrected chi connectivity index (χ1v) is 7.48. The highest BCUT2D eigenvalue weighted by atomic mass is 79.9. The number of amides is 1. The Hall–Kier alpha value is -0.610. The van der Waals surface area contributed by atoms with E-state index in [2.05, 4.69) is 35.1 Å². The molecule has 0 heterocycles. The topological polar surface area (TPSA) is 29.1 Å². The van der Waals surface area contributed by atoms with Gasteiger partial charge in [0.2, 0.25) is 0 Å². The van der Waals surface area contributed by atoms with Gasteiger partial charge in [0, 0.05) is 16.9 Å². The van der Waals surface area contributed by atoms with Crippen LogP contribution in [0.15, 0.2) is 22.7 Å². The van der Waals surface area contributed by atoms with E-state index in [9.17, 15) is 9.18 Å². The largest absolute Gasteiger partial charge is 0.351 e. The van der Waals surface area contributed by atoms with Crippen molar-refractivity contribution in [2.45, 2.75) is 26.7 Å². The molecule has 1 aromatic carbocycles. The van der Waals surface area contributed by atoms with Crippen LogP contribution in [0, 0.1) is 11.2 Å². The summed E-state index contributed by atoms with van der Waals surface area (Å²) in [6.45, 7) is 4.60. The second kappa shape index (κ2) is 7.25. The van der Waals surface area contributed by atoms with Gasteiger partial charge in [0.1, 0.15) is 5.82 Å². The molecule has 0 bridgehead atoms. The van der Waals surface area contributed by atoms with Gasteiger partial charge in [-0.05, 0) is 36.5 Å². The Balaban J connectivity index is 2.60. The highest BCUT2D eigenvalue weighted by Gasteiger charge is 2.19. The summed E-state index contributed by atoms with van der Waals surface area (Å²) in [5, 5.41) is 2.77. The number of hydrogen-bond donors (Lipinski definition) is 1. The molecule has 0 fully saturated rings. The van der Waals surface area contributed by atoms with Crippen LogP contribution in [0.3, 0.4) is 0 Å². The van der Waals surface area contributed by atoms with Gasteiger partial charge in [-0.3, -0.25) is 4.79 Å². The van der Waals surface area contributed by atoms with Crippen molar-refractivity contribution in [1.29, 1.82) is 0 Å². The Morgan fingerprint density at radius 2 is 2.16 bits per heavy atom. The van der Waals surface area contributed by atoms with Gasteiger partial charge in [-0.25, -0.2) is 4.39 Å². The van der Waals surface area contributed by atoms with E-state index < -0.39 is 5.82 Å². The Morgan fingerprint density at radius 3 is 2.74 bits per heavy atom.